The number of hydrogen-bond acceptors (Lipinski definition) is 4. The second-order valence-electron chi connectivity index (χ2n) is 6.22. The first-order valence-corrected chi connectivity index (χ1v) is 7.49. The molecule has 0 amide bonds. The van der Waals surface area contributed by atoms with Crippen molar-refractivity contribution in [1.82, 2.24) is 0 Å². The fraction of sp³-hybridized carbons (Fsp3) is 0.444. The van der Waals surface area contributed by atoms with Gasteiger partial charge in [-0.3, -0.25) is 9.59 Å². The molecule has 0 saturated heterocycles. The summed E-state index contributed by atoms with van der Waals surface area (Å²) in [6, 6.07) is 8.05. The lowest BCUT2D eigenvalue weighted by molar-refractivity contribution is -0.168. The Kier molecular flexibility index (Phi) is 3.35. The molecule has 0 radical (unpaired) electrons. The van der Waals surface area contributed by atoms with Gasteiger partial charge >= 0.3 is 11.9 Å². The molecule has 2 aliphatic carbocycles. The lowest BCUT2D eigenvalue weighted by atomic mass is 9.58. The van der Waals surface area contributed by atoms with Gasteiger partial charge in [-0.25, -0.2) is 0 Å². The molecule has 1 atom stereocenters. The summed E-state index contributed by atoms with van der Waals surface area (Å²) in [4.78, 5) is 25.1. The first kappa shape index (κ1) is 14.8. The van der Waals surface area contributed by atoms with E-state index in [9.17, 15) is 9.59 Å². The predicted octanol–water partition coefficient (Wildman–Crippen LogP) is 2.86. The van der Waals surface area contributed by atoms with Gasteiger partial charge in [0.05, 0.1) is 14.2 Å². The van der Waals surface area contributed by atoms with E-state index in [1.54, 1.807) is 0 Å². The third kappa shape index (κ3) is 1.70. The lowest BCUT2D eigenvalue weighted by Gasteiger charge is -2.43. The molecule has 0 aromatic heterocycles. The number of hydrogen-bond donors (Lipinski definition) is 0. The molecule has 3 rings (SSSR count). The number of ether oxygens (including phenoxy) is 2. The molecular formula is C18H20O4. The Morgan fingerprint density at radius 1 is 1.05 bits per heavy atom. The van der Waals surface area contributed by atoms with E-state index in [1.807, 2.05) is 24.3 Å². The Bertz CT molecular complexity index is 657. The highest BCUT2D eigenvalue weighted by atomic mass is 16.5. The molecule has 4 heteroatoms. The van der Waals surface area contributed by atoms with Crippen LogP contribution in [-0.2, 0) is 24.5 Å². The molecule has 22 heavy (non-hydrogen) atoms. The number of methoxy groups -OCH3 is 2. The molecule has 1 aromatic carbocycles. The second-order valence-corrected chi connectivity index (χ2v) is 6.22. The maximum atomic E-state index is 12.6. The van der Waals surface area contributed by atoms with Crippen LogP contribution in [0, 0.1) is 5.41 Å². The zero-order valence-corrected chi connectivity index (χ0v) is 13.1. The first-order chi connectivity index (χ1) is 10.5. The van der Waals surface area contributed by atoms with Crippen molar-refractivity contribution in [1.29, 1.82) is 0 Å². The van der Waals surface area contributed by atoms with Gasteiger partial charge in [0.1, 0.15) is 0 Å². The Balaban J connectivity index is 2.23. The average Bonchev–Trinajstić information content (AvgIpc) is 2.86. The first-order valence-electron chi connectivity index (χ1n) is 7.49. The highest BCUT2D eigenvalue weighted by molar-refractivity contribution is 6.06. The van der Waals surface area contributed by atoms with Crippen LogP contribution < -0.4 is 0 Å². The van der Waals surface area contributed by atoms with Crippen LogP contribution in [0.3, 0.4) is 0 Å². The van der Waals surface area contributed by atoms with Crippen LogP contribution in [0.2, 0.25) is 0 Å². The van der Waals surface area contributed by atoms with Gasteiger partial charge < -0.3 is 9.47 Å². The standard InChI is InChI=1S/C18H20O4/c1-17-9-6-10-18(15(19)21-2,16(20)22-3)14(17)11-12-7-4-5-8-13(12)17/h4-5,7-8,11H,6,9-10H2,1-3H3. The van der Waals surface area contributed by atoms with E-state index in [1.165, 1.54) is 19.8 Å². The number of benzene rings is 1. The number of esters is 2. The third-order valence-corrected chi connectivity index (χ3v) is 5.21. The molecule has 0 N–H and O–H groups in total. The van der Waals surface area contributed by atoms with Crippen molar-refractivity contribution in [2.45, 2.75) is 31.6 Å². The van der Waals surface area contributed by atoms with Gasteiger partial charge in [-0.15, -0.1) is 0 Å². The van der Waals surface area contributed by atoms with E-state index < -0.39 is 17.4 Å². The number of rotatable bonds is 2. The van der Waals surface area contributed by atoms with E-state index in [0.717, 1.165) is 24.0 Å². The van der Waals surface area contributed by atoms with Gasteiger partial charge in [0.15, 0.2) is 5.41 Å². The molecule has 116 valence electrons. The molecule has 0 spiro atoms. The largest absolute Gasteiger partial charge is 0.468 e. The Morgan fingerprint density at radius 3 is 2.32 bits per heavy atom. The van der Waals surface area contributed by atoms with E-state index in [2.05, 4.69) is 13.0 Å². The van der Waals surface area contributed by atoms with Gasteiger partial charge in [-0.1, -0.05) is 43.7 Å². The van der Waals surface area contributed by atoms with Crippen LogP contribution >= 0.6 is 0 Å². The minimum Gasteiger partial charge on any atom is -0.468 e. The van der Waals surface area contributed by atoms with E-state index in [0.29, 0.717) is 6.42 Å². The number of carbonyl (C=O) groups excluding carboxylic acids is 2. The van der Waals surface area contributed by atoms with Crippen molar-refractivity contribution in [2.75, 3.05) is 14.2 Å². The molecule has 1 saturated carbocycles. The van der Waals surface area contributed by atoms with Crippen molar-refractivity contribution in [3.63, 3.8) is 0 Å². The maximum absolute atomic E-state index is 12.6. The number of carbonyl (C=O) groups is 2. The summed E-state index contributed by atoms with van der Waals surface area (Å²) in [5, 5.41) is 0. The molecule has 1 unspecified atom stereocenters. The SMILES string of the molecule is COC(=O)C1(C(=O)OC)CCCC2(C)C1=Cc1ccccc12. The van der Waals surface area contributed by atoms with Gasteiger partial charge in [0.25, 0.3) is 0 Å². The van der Waals surface area contributed by atoms with Gasteiger partial charge in [-0.05, 0) is 29.5 Å². The van der Waals surface area contributed by atoms with Gasteiger partial charge in [0.2, 0.25) is 0 Å². The van der Waals surface area contributed by atoms with Crippen molar-refractivity contribution in [3.8, 4) is 0 Å². The topological polar surface area (TPSA) is 52.6 Å². The summed E-state index contributed by atoms with van der Waals surface area (Å²) in [6.45, 7) is 2.10. The van der Waals surface area contributed by atoms with Gasteiger partial charge in [-0.2, -0.15) is 0 Å². The smallest absolute Gasteiger partial charge is 0.327 e. The Labute approximate surface area is 130 Å². The highest BCUT2D eigenvalue weighted by Crippen LogP contribution is 2.57. The normalized spacial score (nSPS) is 24.8. The summed E-state index contributed by atoms with van der Waals surface area (Å²) < 4.78 is 9.97. The van der Waals surface area contributed by atoms with E-state index in [-0.39, 0.29) is 5.41 Å². The zero-order chi connectivity index (χ0) is 16.0. The summed E-state index contributed by atoms with van der Waals surface area (Å²) in [5.41, 5.74) is 1.40. The fourth-order valence-corrected chi connectivity index (χ4v) is 4.15. The van der Waals surface area contributed by atoms with Crippen molar-refractivity contribution in [3.05, 3.63) is 41.0 Å². The third-order valence-electron chi connectivity index (χ3n) is 5.21. The molecular weight excluding hydrogens is 280 g/mol. The quantitative estimate of drug-likeness (QED) is 0.622. The van der Waals surface area contributed by atoms with Crippen molar-refractivity contribution in [2.24, 2.45) is 5.41 Å². The maximum Gasteiger partial charge on any atom is 0.327 e. The zero-order valence-electron chi connectivity index (χ0n) is 13.1. The summed E-state index contributed by atoms with van der Waals surface area (Å²) in [5.74, 6) is -1.05. The molecule has 0 bridgehead atoms. The highest BCUT2D eigenvalue weighted by Gasteiger charge is 2.60. The summed E-state index contributed by atoms with van der Waals surface area (Å²) >= 11 is 0. The summed E-state index contributed by atoms with van der Waals surface area (Å²) in [7, 11) is 2.64. The van der Waals surface area contributed by atoms with Crippen LogP contribution in [0.5, 0.6) is 0 Å². The van der Waals surface area contributed by atoms with E-state index in [4.69, 9.17) is 9.47 Å². The van der Waals surface area contributed by atoms with Crippen LogP contribution in [0.1, 0.15) is 37.3 Å². The van der Waals surface area contributed by atoms with E-state index >= 15 is 0 Å². The average molecular weight is 300 g/mol. The lowest BCUT2D eigenvalue weighted by Crippen LogP contribution is -2.50. The van der Waals surface area contributed by atoms with Gasteiger partial charge in [0, 0.05) is 5.41 Å². The van der Waals surface area contributed by atoms with Crippen molar-refractivity contribution < 1.29 is 19.1 Å². The molecule has 0 heterocycles. The molecule has 1 aromatic rings. The van der Waals surface area contributed by atoms with Crippen LogP contribution in [-0.4, -0.2) is 26.2 Å². The monoisotopic (exact) mass is 300 g/mol. The Morgan fingerprint density at radius 2 is 1.68 bits per heavy atom. The van der Waals surface area contributed by atoms with Crippen molar-refractivity contribution >= 4 is 18.0 Å². The minimum absolute atomic E-state index is 0.322. The Hall–Kier alpha value is -2.10. The molecule has 4 nitrogen and oxygen atoms in total. The molecule has 1 fully saturated rings. The predicted molar refractivity (Wildman–Crippen MR) is 82.1 cm³/mol. The van der Waals surface area contributed by atoms with Crippen LogP contribution in [0.15, 0.2) is 29.8 Å². The van der Waals surface area contributed by atoms with Crippen LogP contribution in [0.4, 0.5) is 0 Å². The molecule has 2 aliphatic rings. The fourth-order valence-electron chi connectivity index (χ4n) is 4.15. The van der Waals surface area contributed by atoms with Crippen LogP contribution in [0.25, 0.3) is 6.08 Å². The number of fused-ring (bicyclic) bond motifs is 3. The molecule has 0 aliphatic heterocycles. The summed E-state index contributed by atoms with van der Waals surface area (Å²) in [6.07, 6.45) is 4.09. The minimum atomic E-state index is -1.32. The second kappa shape index (κ2) is 4.97.